The summed E-state index contributed by atoms with van der Waals surface area (Å²) >= 11 is 3.53. The molecule has 1 rings (SSSR count). The van der Waals surface area contributed by atoms with Crippen LogP contribution in [0.25, 0.3) is 0 Å². The van der Waals surface area contributed by atoms with Crippen molar-refractivity contribution in [1.82, 2.24) is 0 Å². The van der Waals surface area contributed by atoms with Crippen LogP contribution in [0.1, 0.15) is 5.56 Å². The smallest absolute Gasteiger partial charge is 0.115 e. The molecule has 56 valence electrons. The molecule has 0 fully saturated rings. The highest BCUT2D eigenvalue weighted by Gasteiger charge is 1.83. The number of thiol groups is 1. The van der Waals surface area contributed by atoms with E-state index >= 15 is 0 Å². The summed E-state index contributed by atoms with van der Waals surface area (Å²) in [7, 11) is 0. The fourth-order valence-electron chi connectivity index (χ4n) is 0.628. The summed E-state index contributed by atoms with van der Waals surface area (Å²) in [6, 6.07) is 7.15. The molecule has 1 aromatic rings. The van der Waals surface area contributed by atoms with Gasteiger partial charge in [-0.3, -0.25) is 0 Å². The molecule has 0 aliphatic carbocycles. The van der Waals surface area contributed by atoms with Gasteiger partial charge in [0.2, 0.25) is 0 Å². The number of benzene rings is 1. The van der Waals surface area contributed by atoms with Gasteiger partial charge in [-0.1, -0.05) is 12.1 Å². The highest BCUT2D eigenvalue weighted by Crippen LogP contribution is 2.08. The quantitative estimate of drug-likeness (QED) is 0.552. The van der Waals surface area contributed by atoms with E-state index in [0.29, 0.717) is 5.75 Å². The van der Waals surface area contributed by atoms with E-state index in [0.717, 1.165) is 5.56 Å². The molecule has 10 heavy (non-hydrogen) atoms. The van der Waals surface area contributed by atoms with Gasteiger partial charge in [0.05, 0.1) is 0 Å². The first-order chi connectivity index (χ1) is 4.79. The fourth-order valence-corrected chi connectivity index (χ4v) is 0.628. The third-order valence-electron chi connectivity index (χ3n) is 1.00. The van der Waals surface area contributed by atoms with Crippen LogP contribution in [-0.4, -0.2) is 11.4 Å². The molecule has 0 heterocycles. The largest absolute Gasteiger partial charge is 0.508 e. The second-order valence-corrected chi connectivity index (χ2v) is 1.84. The van der Waals surface area contributed by atoms with E-state index in [4.69, 9.17) is 5.11 Å². The Balaban J connectivity index is 0.000000371. The second kappa shape index (κ2) is 5.18. The molecule has 0 radical (unpaired) electrons. The van der Waals surface area contributed by atoms with Crippen molar-refractivity contribution in [3.05, 3.63) is 29.8 Å². The minimum Gasteiger partial charge on any atom is -0.508 e. The number of phenols is 1. The minimum absolute atomic E-state index is 0.338. The van der Waals surface area contributed by atoms with E-state index in [-0.39, 0.29) is 0 Å². The predicted molar refractivity (Wildman–Crippen MR) is 47.8 cm³/mol. The highest BCUT2D eigenvalue weighted by molar-refractivity contribution is 7.79. The molecule has 0 spiro atoms. The van der Waals surface area contributed by atoms with Gasteiger partial charge in [-0.15, -0.1) is 0 Å². The first kappa shape index (κ1) is 9.37. The lowest BCUT2D eigenvalue weighted by molar-refractivity contribution is 0.475. The van der Waals surface area contributed by atoms with Crippen LogP contribution < -0.4 is 0 Å². The van der Waals surface area contributed by atoms with E-state index < -0.39 is 0 Å². The Morgan fingerprint density at radius 2 is 1.90 bits per heavy atom. The Bertz CT molecular complexity index is 169. The summed E-state index contributed by atoms with van der Waals surface area (Å²) in [6.45, 7) is 1.94. The van der Waals surface area contributed by atoms with Crippen LogP contribution in [0.2, 0.25) is 0 Å². The van der Waals surface area contributed by atoms with Crippen molar-refractivity contribution in [3.63, 3.8) is 0 Å². The molecular weight excluding hydrogens is 144 g/mol. The normalized spacial score (nSPS) is 7.90. The Labute approximate surface area is 67.1 Å². The number of rotatable bonds is 0. The van der Waals surface area contributed by atoms with Crippen molar-refractivity contribution in [2.45, 2.75) is 6.92 Å². The predicted octanol–water partition coefficient (Wildman–Crippen LogP) is 2.25. The van der Waals surface area contributed by atoms with Crippen molar-refractivity contribution >= 4 is 12.6 Å². The Hall–Kier alpha value is -0.630. The maximum Gasteiger partial charge on any atom is 0.115 e. The molecule has 0 unspecified atom stereocenters. The lowest BCUT2D eigenvalue weighted by Crippen LogP contribution is -1.66. The number of hydrogen-bond acceptors (Lipinski definition) is 2. The van der Waals surface area contributed by atoms with Gasteiger partial charge in [0.15, 0.2) is 0 Å². The Morgan fingerprint density at radius 1 is 1.30 bits per heavy atom. The summed E-state index contributed by atoms with van der Waals surface area (Å²) in [4.78, 5) is 0. The molecule has 0 aliphatic rings. The van der Waals surface area contributed by atoms with Crippen molar-refractivity contribution in [2.75, 3.05) is 6.26 Å². The Morgan fingerprint density at radius 3 is 2.20 bits per heavy atom. The fraction of sp³-hybridized carbons (Fsp3) is 0.250. The van der Waals surface area contributed by atoms with Crippen LogP contribution in [0.15, 0.2) is 24.3 Å². The van der Waals surface area contributed by atoms with Gasteiger partial charge in [-0.25, -0.2) is 0 Å². The van der Waals surface area contributed by atoms with E-state index in [1.54, 1.807) is 18.4 Å². The first-order valence-electron chi connectivity index (χ1n) is 2.99. The van der Waals surface area contributed by atoms with Crippen LogP contribution in [-0.2, 0) is 0 Å². The van der Waals surface area contributed by atoms with Crippen molar-refractivity contribution < 1.29 is 5.11 Å². The van der Waals surface area contributed by atoms with E-state index in [2.05, 4.69) is 12.6 Å². The topological polar surface area (TPSA) is 20.2 Å². The first-order valence-corrected chi connectivity index (χ1v) is 3.89. The molecule has 0 saturated heterocycles. The molecule has 0 bridgehead atoms. The standard InChI is InChI=1S/C7H8O.CH4S/c1-6-3-2-4-7(8)5-6;1-2/h2-5,8H,1H3;2H,1H3. The minimum atomic E-state index is 0.338. The number of phenolic OH excluding ortho intramolecular Hbond substituents is 1. The summed E-state index contributed by atoms with van der Waals surface area (Å²) in [5.74, 6) is 0.338. The van der Waals surface area contributed by atoms with Crippen LogP contribution in [0.5, 0.6) is 5.75 Å². The maximum absolute atomic E-state index is 8.81. The van der Waals surface area contributed by atoms with Gasteiger partial charge < -0.3 is 5.11 Å². The average molecular weight is 156 g/mol. The van der Waals surface area contributed by atoms with E-state index in [1.165, 1.54) is 0 Å². The molecule has 0 aromatic heterocycles. The van der Waals surface area contributed by atoms with Crippen molar-refractivity contribution in [1.29, 1.82) is 0 Å². The van der Waals surface area contributed by atoms with Gasteiger partial charge in [0, 0.05) is 0 Å². The van der Waals surface area contributed by atoms with Gasteiger partial charge in [0.1, 0.15) is 5.75 Å². The highest BCUT2D eigenvalue weighted by atomic mass is 32.1. The summed E-state index contributed by atoms with van der Waals surface area (Å²) < 4.78 is 0. The SMILES string of the molecule is CS.Cc1cccc(O)c1. The molecule has 1 aromatic carbocycles. The zero-order valence-electron chi connectivity index (χ0n) is 6.20. The number of hydrogen-bond donors (Lipinski definition) is 2. The average Bonchev–Trinajstić information content (AvgIpc) is 1.91. The maximum atomic E-state index is 8.81. The summed E-state index contributed by atoms with van der Waals surface area (Å²) in [5, 5.41) is 8.81. The lowest BCUT2D eigenvalue weighted by atomic mass is 10.2. The Kier molecular flexibility index (Phi) is 4.85. The van der Waals surface area contributed by atoms with E-state index in [1.807, 2.05) is 19.1 Å². The number of aryl methyl sites for hydroxylation is 1. The van der Waals surface area contributed by atoms with Gasteiger partial charge in [-0.2, -0.15) is 12.6 Å². The molecule has 0 amide bonds. The summed E-state index contributed by atoms with van der Waals surface area (Å²) in [6.07, 6.45) is 1.69. The van der Waals surface area contributed by atoms with Crippen LogP contribution >= 0.6 is 12.6 Å². The van der Waals surface area contributed by atoms with Crippen molar-refractivity contribution in [2.24, 2.45) is 0 Å². The van der Waals surface area contributed by atoms with Crippen LogP contribution in [0.4, 0.5) is 0 Å². The van der Waals surface area contributed by atoms with Gasteiger partial charge >= 0.3 is 0 Å². The monoisotopic (exact) mass is 156 g/mol. The molecule has 0 saturated carbocycles. The zero-order valence-corrected chi connectivity index (χ0v) is 7.10. The van der Waals surface area contributed by atoms with Crippen LogP contribution in [0, 0.1) is 6.92 Å². The summed E-state index contributed by atoms with van der Waals surface area (Å²) in [5.41, 5.74) is 1.09. The van der Waals surface area contributed by atoms with Crippen LogP contribution in [0.3, 0.4) is 0 Å². The zero-order chi connectivity index (χ0) is 7.98. The van der Waals surface area contributed by atoms with Gasteiger partial charge in [-0.05, 0) is 30.9 Å². The molecular formula is C8H12OS. The van der Waals surface area contributed by atoms with E-state index in [9.17, 15) is 0 Å². The molecule has 1 N–H and O–H groups in total. The lowest BCUT2D eigenvalue weighted by Gasteiger charge is -1.89. The third-order valence-corrected chi connectivity index (χ3v) is 1.00. The second-order valence-electron chi connectivity index (χ2n) is 1.84. The molecule has 1 nitrogen and oxygen atoms in total. The third kappa shape index (κ3) is 3.41. The van der Waals surface area contributed by atoms with Gasteiger partial charge in [0.25, 0.3) is 0 Å². The molecule has 2 heteroatoms. The molecule has 0 atom stereocenters. The molecule has 0 aliphatic heterocycles. The van der Waals surface area contributed by atoms with Crippen molar-refractivity contribution in [3.8, 4) is 5.75 Å². The number of aromatic hydroxyl groups is 1.